The summed E-state index contributed by atoms with van der Waals surface area (Å²) < 4.78 is 5.95. The van der Waals surface area contributed by atoms with Crippen molar-refractivity contribution in [2.24, 2.45) is 0 Å². The van der Waals surface area contributed by atoms with Gasteiger partial charge in [-0.15, -0.1) is 12.4 Å². The van der Waals surface area contributed by atoms with E-state index in [9.17, 15) is 0 Å². The van der Waals surface area contributed by atoms with Crippen LogP contribution in [0.3, 0.4) is 0 Å². The van der Waals surface area contributed by atoms with Crippen LogP contribution in [0.1, 0.15) is 24.0 Å². The molecule has 0 bridgehead atoms. The van der Waals surface area contributed by atoms with Crippen LogP contribution in [0.15, 0.2) is 12.1 Å². The summed E-state index contributed by atoms with van der Waals surface area (Å²) in [5.74, 6) is 0.381. The highest BCUT2D eigenvalue weighted by Crippen LogP contribution is 2.44. The largest absolute Gasteiger partial charge is 0.369 e. The Morgan fingerprint density at radius 2 is 2.18 bits per heavy atom. The molecule has 0 aromatic heterocycles. The van der Waals surface area contributed by atoms with Gasteiger partial charge in [-0.05, 0) is 18.6 Å². The molecule has 0 radical (unpaired) electrons. The maximum atomic E-state index is 6.21. The molecular weight excluding hydrogens is 280 g/mol. The van der Waals surface area contributed by atoms with Crippen molar-refractivity contribution in [1.29, 1.82) is 0 Å². The van der Waals surface area contributed by atoms with Crippen molar-refractivity contribution in [2.75, 3.05) is 13.1 Å². The Labute approximate surface area is 117 Å². The molecule has 17 heavy (non-hydrogen) atoms. The minimum Gasteiger partial charge on any atom is -0.369 e. The highest BCUT2D eigenvalue weighted by Gasteiger charge is 2.44. The molecule has 0 spiro atoms. The van der Waals surface area contributed by atoms with Crippen LogP contribution < -0.4 is 5.32 Å². The van der Waals surface area contributed by atoms with Crippen LogP contribution in [0.2, 0.25) is 10.0 Å². The Morgan fingerprint density at radius 3 is 2.94 bits per heavy atom. The van der Waals surface area contributed by atoms with Crippen LogP contribution in [0.5, 0.6) is 0 Å². The number of ether oxygens (including phenoxy) is 1. The fourth-order valence-electron chi connectivity index (χ4n) is 2.71. The lowest BCUT2D eigenvalue weighted by molar-refractivity contribution is -0.0517. The fourth-order valence-corrected chi connectivity index (χ4v) is 3.12. The standard InChI is InChI=1S/C12H13Cl2NO.ClH/c1-12-6-15-4-9(12)7-2-3-10(13)11(14)8(7)5-16-12;/h2-3,9,15H,4-6H2,1H3;1H/t9-,12-;/m1./s1. The van der Waals surface area contributed by atoms with E-state index in [0.29, 0.717) is 22.6 Å². The summed E-state index contributed by atoms with van der Waals surface area (Å²) in [6.07, 6.45) is 0. The molecule has 0 amide bonds. The van der Waals surface area contributed by atoms with Crippen molar-refractivity contribution < 1.29 is 4.74 Å². The molecule has 3 rings (SSSR count). The summed E-state index contributed by atoms with van der Waals surface area (Å²) >= 11 is 12.2. The number of rotatable bonds is 0. The summed E-state index contributed by atoms with van der Waals surface area (Å²) in [7, 11) is 0. The molecule has 94 valence electrons. The molecule has 2 heterocycles. The van der Waals surface area contributed by atoms with Crippen molar-refractivity contribution in [2.45, 2.75) is 25.0 Å². The molecule has 2 aliphatic rings. The zero-order valence-electron chi connectivity index (χ0n) is 9.43. The maximum Gasteiger partial charge on any atom is 0.0863 e. The van der Waals surface area contributed by atoms with Gasteiger partial charge in [0.1, 0.15) is 0 Å². The van der Waals surface area contributed by atoms with Gasteiger partial charge in [-0.25, -0.2) is 0 Å². The third-order valence-electron chi connectivity index (χ3n) is 3.72. The molecule has 0 aliphatic carbocycles. The molecule has 1 aromatic carbocycles. The van der Waals surface area contributed by atoms with E-state index in [2.05, 4.69) is 18.3 Å². The first-order valence-electron chi connectivity index (χ1n) is 5.43. The lowest BCUT2D eigenvalue weighted by atomic mass is 9.81. The van der Waals surface area contributed by atoms with Crippen LogP contribution in [-0.2, 0) is 11.3 Å². The molecule has 2 aliphatic heterocycles. The van der Waals surface area contributed by atoms with Gasteiger partial charge < -0.3 is 10.1 Å². The molecule has 5 heteroatoms. The predicted octanol–water partition coefficient (Wildman–Crippen LogP) is 3.39. The lowest BCUT2D eigenvalue weighted by Crippen LogP contribution is -2.39. The maximum absolute atomic E-state index is 6.21. The first kappa shape index (κ1) is 13.4. The van der Waals surface area contributed by atoms with Gasteiger partial charge in [-0.1, -0.05) is 29.3 Å². The van der Waals surface area contributed by atoms with Crippen molar-refractivity contribution >= 4 is 35.6 Å². The van der Waals surface area contributed by atoms with Crippen molar-refractivity contribution in [3.63, 3.8) is 0 Å². The number of benzene rings is 1. The summed E-state index contributed by atoms with van der Waals surface area (Å²) in [4.78, 5) is 0. The van der Waals surface area contributed by atoms with E-state index >= 15 is 0 Å². The van der Waals surface area contributed by atoms with Gasteiger partial charge in [-0.3, -0.25) is 0 Å². The van der Waals surface area contributed by atoms with Gasteiger partial charge in [0.15, 0.2) is 0 Å². The Hall–Kier alpha value is 0.01000. The Morgan fingerprint density at radius 1 is 1.41 bits per heavy atom. The summed E-state index contributed by atoms with van der Waals surface area (Å²) in [6, 6.07) is 3.97. The molecular formula is C12H14Cl3NO. The second-order valence-corrected chi connectivity index (χ2v) is 5.50. The number of halogens is 3. The topological polar surface area (TPSA) is 21.3 Å². The van der Waals surface area contributed by atoms with Gasteiger partial charge in [-0.2, -0.15) is 0 Å². The highest BCUT2D eigenvalue weighted by atomic mass is 35.5. The monoisotopic (exact) mass is 293 g/mol. The van der Waals surface area contributed by atoms with E-state index in [4.69, 9.17) is 27.9 Å². The lowest BCUT2D eigenvalue weighted by Gasteiger charge is -2.37. The third-order valence-corrected chi connectivity index (χ3v) is 4.56. The van der Waals surface area contributed by atoms with Gasteiger partial charge >= 0.3 is 0 Å². The highest BCUT2D eigenvalue weighted by molar-refractivity contribution is 6.42. The van der Waals surface area contributed by atoms with Crippen LogP contribution in [0, 0.1) is 0 Å². The smallest absolute Gasteiger partial charge is 0.0863 e. The normalized spacial score (nSPS) is 30.4. The molecule has 1 N–H and O–H groups in total. The first-order valence-corrected chi connectivity index (χ1v) is 6.19. The first-order chi connectivity index (χ1) is 7.62. The zero-order chi connectivity index (χ0) is 11.3. The SMILES string of the molecule is C[C@@]12CNC[C@@H]1c1ccc(Cl)c(Cl)c1CO2.Cl. The summed E-state index contributed by atoms with van der Waals surface area (Å²) in [5, 5.41) is 4.63. The fraction of sp³-hybridized carbons (Fsp3) is 0.500. The number of hydrogen-bond acceptors (Lipinski definition) is 2. The molecule has 0 saturated carbocycles. The zero-order valence-corrected chi connectivity index (χ0v) is 11.8. The van der Waals surface area contributed by atoms with Crippen LogP contribution >= 0.6 is 35.6 Å². The Kier molecular flexibility index (Phi) is 3.64. The number of hydrogen-bond donors (Lipinski definition) is 1. The molecule has 0 unspecified atom stereocenters. The van der Waals surface area contributed by atoms with Gasteiger partial charge in [0.05, 0.1) is 22.3 Å². The quantitative estimate of drug-likeness (QED) is 0.792. The molecule has 1 saturated heterocycles. The third kappa shape index (κ3) is 1.96. The summed E-state index contributed by atoms with van der Waals surface area (Å²) in [5.41, 5.74) is 2.25. The van der Waals surface area contributed by atoms with Gasteiger partial charge in [0.25, 0.3) is 0 Å². The number of nitrogens with one attached hydrogen (secondary N) is 1. The molecule has 2 nitrogen and oxygen atoms in total. The van der Waals surface area contributed by atoms with E-state index in [1.807, 2.05) is 6.07 Å². The minimum atomic E-state index is -0.0931. The van der Waals surface area contributed by atoms with Gasteiger partial charge in [0, 0.05) is 24.6 Å². The van der Waals surface area contributed by atoms with E-state index in [-0.39, 0.29) is 18.0 Å². The Balaban J connectivity index is 0.00000108. The second-order valence-electron chi connectivity index (χ2n) is 4.71. The summed E-state index contributed by atoms with van der Waals surface area (Å²) in [6.45, 7) is 4.56. The van der Waals surface area contributed by atoms with Crippen LogP contribution in [-0.4, -0.2) is 18.7 Å². The van der Waals surface area contributed by atoms with E-state index in [1.165, 1.54) is 5.56 Å². The van der Waals surface area contributed by atoms with E-state index in [1.54, 1.807) is 0 Å². The molecule has 1 fully saturated rings. The molecule has 2 atom stereocenters. The minimum absolute atomic E-state index is 0. The molecule has 1 aromatic rings. The number of fused-ring (bicyclic) bond motifs is 3. The van der Waals surface area contributed by atoms with E-state index < -0.39 is 0 Å². The second kappa shape index (κ2) is 4.60. The predicted molar refractivity (Wildman–Crippen MR) is 72.5 cm³/mol. The van der Waals surface area contributed by atoms with Crippen LogP contribution in [0.25, 0.3) is 0 Å². The van der Waals surface area contributed by atoms with Crippen molar-refractivity contribution in [1.82, 2.24) is 5.32 Å². The van der Waals surface area contributed by atoms with Crippen LogP contribution in [0.4, 0.5) is 0 Å². The van der Waals surface area contributed by atoms with Crippen molar-refractivity contribution in [3.05, 3.63) is 33.3 Å². The van der Waals surface area contributed by atoms with Crippen molar-refractivity contribution in [3.8, 4) is 0 Å². The van der Waals surface area contributed by atoms with Gasteiger partial charge in [0.2, 0.25) is 0 Å². The Bertz CT molecular complexity index is 452. The average Bonchev–Trinajstić information content (AvgIpc) is 2.65. The van der Waals surface area contributed by atoms with E-state index in [0.717, 1.165) is 18.7 Å². The average molecular weight is 295 g/mol.